The average molecular weight is 524 g/mol. The zero-order valence-electron chi connectivity index (χ0n) is 13.7. The number of hydrogen-bond acceptors (Lipinski definition) is 7. The van der Waals surface area contributed by atoms with Crippen molar-refractivity contribution in [2.45, 2.75) is 31.6 Å². The Morgan fingerprint density at radius 2 is 1.62 bits per heavy atom. The zero-order valence-corrected chi connectivity index (χ0v) is 18.5. The van der Waals surface area contributed by atoms with Crippen LogP contribution in [-0.2, 0) is 14.3 Å². The molecule has 2 aromatic rings. The van der Waals surface area contributed by atoms with E-state index >= 15 is 0 Å². The Morgan fingerprint density at radius 3 is 2.00 bits per heavy atom. The molecule has 26 heavy (non-hydrogen) atoms. The third kappa shape index (κ3) is 4.90. The van der Waals surface area contributed by atoms with Crippen LogP contribution in [0.3, 0.4) is 0 Å². The van der Waals surface area contributed by atoms with Gasteiger partial charge >= 0.3 is 11.9 Å². The van der Waals surface area contributed by atoms with Crippen molar-refractivity contribution < 1.29 is 19.4 Å². The van der Waals surface area contributed by atoms with Gasteiger partial charge in [0.15, 0.2) is 7.83 Å². The first-order valence-corrected chi connectivity index (χ1v) is 11.4. The summed E-state index contributed by atoms with van der Waals surface area (Å²) in [4.78, 5) is 30.3. The topological polar surface area (TPSA) is 89.4 Å². The molecule has 0 saturated heterocycles. The minimum absolute atomic E-state index is 0.0453. The first-order chi connectivity index (χ1) is 12.4. The molecule has 0 amide bonds. The summed E-state index contributed by atoms with van der Waals surface area (Å²) >= 11 is 9.60. The molecule has 0 bridgehead atoms. The Labute approximate surface area is 175 Å². The lowest BCUT2D eigenvalue weighted by Crippen LogP contribution is -2.07. The molecule has 2 heterocycles. The molecule has 4 rings (SSSR count). The highest BCUT2D eigenvalue weighted by molar-refractivity contribution is 9.11. The number of aromatic nitrogens is 2. The van der Waals surface area contributed by atoms with Gasteiger partial charge in [0, 0.05) is 22.6 Å². The fourth-order valence-electron chi connectivity index (χ4n) is 2.69. The van der Waals surface area contributed by atoms with E-state index in [0.29, 0.717) is 6.61 Å². The van der Waals surface area contributed by atoms with E-state index < -0.39 is 5.97 Å². The van der Waals surface area contributed by atoms with E-state index in [4.69, 9.17) is 9.84 Å². The number of carbonyl (C=O) groups excluding carboxylic acids is 1. The number of carboxylic acid groups (broad SMARTS) is 1. The van der Waals surface area contributed by atoms with E-state index in [2.05, 4.69) is 41.8 Å². The Morgan fingerprint density at radius 1 is 1.12 bits per heavy atom. The minimum Gasteiger partial charge on any atom is -0.481 e. The summed E-state index contributed by atoms with van der Waals surface area (Å²) in [6.45, 7) is 2.29. The number of aliphatic carboxylic acids is 1. The highest BCUT2D eigenvalue weighted by atomic mass is 79.9. The monoisotopic (exact) mass is 522 g/mol. The number of carboxylic acids is 1. The standard InChI is InChI=1S/C9H10BrNO2S.C7H6BrNO2S/c1-2-13-8(12)6-3-5(6)7-4-14-9(10)11-7;8-7-9-5(2-12-7)3-1-4(3)6(10)11/h4-6H,2-3H2,1H3;2-4H,1H2,(H,10,11)/t5-,6-;3-,4-/m11/s1. The summed E-state index contributed by atoms with van der Waals surface area (Å²) in [6.07, 6.45) is 1.63. The van der Waals surface area contributed by atoms with Gasteiger partial charge in [-0.25, -0.2) is 9.97 Å². The van der Waals surface area contributed by atoms with E-state index in [1.165, 1.54) is 11.3 Å². The van der Waals surface area contributed by atoms with E-state index in [1.54, 1.807) is 11.3 Å². The van der Waals surface area contributed by atoms with Crippen LogP contribution in [0.15, 0.2) is 18.6 Å². The number of rotatable bonds is 5. The van der Waals surface area contributed by atoms with E-state index in [9.17, 15) is 9.59 Å². The molecule has 2 aliphatic carbocycles. The van der Waals surface area contributed by atoms with Crippen LogP contribution in [0.25, 0.3) is 0 Å². The van der Waals surface area contributed by atoms with Crippen LogP contribution in [0.4, 0.5) is 0 Å². The van der Waals surface area contributed by atoms with Gasteiger partial charge in [0.1, 0.15) is 0 Å². The van der Waals surface area contributed by atoms with E-state index in [1.807, 2.05) is 17.7 Å². The molecular formula is C16H16Br2N2O4S2. The van der Waals surface area contributed by atoms with Gasteiger partial charge in [-0.05, 0) is 51.6 Å². The summed E-state index contributed by atoms with van der Waals surface area (Å²) in [7, 11) is 0. The molecule has 10 heteroatoms. The third-order valence-corrected chi connectivity index (χ3v) is 7.00. The maximum Gasteiger partial charge on any atom is 0.309 e. The van der Waals surface area contributed by atoms with Crippen LogP contribution >= 0.6 is 54.5 Å². The number of thiazole rings is 2. The minimum atomic E-state index is -0.705. The second-order valence-electron chi connectivity index (χ2n) is 6.04. The van der Waals surface area contributed by atoms with Crippen LogP contribution in [-0.4, -0.2) is 33.6 Å². The highest BCUT2D eigenvalue weighted by Crippen LogP contribution is 2.49. The first-order valence-electron chi connectivity index (χ1n) is 8.02. The van der Waals surface area contributed by atoms with Gasteiger partial charge in [-0.2, -0.15) is 0 Å². The molecule has 0 radical (unpaired) electrons. The van der Waals surface area contributed by atoms with Crippen molar-refractivity contribution in [2.75, 3.05) is 6.61 Å². The van der Waals surface area contributed by atoms with Crippen LogP contribution in [0, 0.1) is 11.8 Å². The predicted octanol–water partition coefficient (Wildman–Crippen LogP) is 4.67. The largest absolute Gasteiger partial charge is 0.481 e. The number of halogens is 2. The smallest absolute Gasteiger partial charge is 0.309 e. The molecule has 2 aliphatic rings. The van der Waals surface area contributed by atoms with Crippen LogP contribution in [0.2, 0.25) is 0 Å². The van der Waals surface area contributed by atoms with Gasteiger partial charge in [-0.3, -0.25) is 9.59 Å². The van der Waals surface area contributed by atoms with Crippen molar-refractivity contribution in [1.29, 1.82) is 0 Å². The molecule has 2 saturated carbocycles. The van der Waals surface area contributed by atoms with Crippen molar-refractivity contribution in [3.63, 3.8) is 0 Å². The van der Waals surface area contributed by atoms with Crippen molar-refractivity contribution >= 4 is 66.5 Å². The molecule has 0 spiro atoms. The Hall–Kier alpha value is -0.840. The number of carbonyl (C=O) groups is 2. The molecule has 2 fully saturated rings. The summed E-state index contributed by atoms with van der Waals surface area (Å²) in [5, 5.41) is 12.6. The van der Waals surface area contributed by atoms with Crippen LogP contribution in [0.1, 0.15) is 43.0 Å². The Kier molecular flexibility index (Phi) is 6.47. The normalized spacial score (nSPS) is 25.8. The lowest BCUT2D eigenvalue weighted by Gasteiger charge is -1.98. The molecule has 6 nitrogen and oxygen atoms in total. The molecule has 0 unspecified atom stereocenters. The van der Waals surface area contributed by atoms with Gasteiger partial charge in [-0.15, -0.1) is 22.7 Å². The van der Waals surface area contributed by atoms with Gasteiger partial charge < -0.3 is 9.84 Å². The number of ether oxygens (including phenoxy) is 1. The van der Waals surface area contributed by atoms with Crippen LogP contribution < -0.4 is 0 Å². The number of esters is 1. The number of hydrogen-bond donors (Lipinski definition) is 1. The average Bonchev–Trinajstić information content (AvgIpc) is 3.48. The maximum atomic E-state index is 11.3. The quantitative estimate of drug-likeness (QED) is 0.573. The molecule has 4 atom stereocenters. The maximum absolute atomic E-state index is 11.3. The molecular weight excluding hydrogens is 508 g/mol. The van der Waals surface area contributed by atoms with Crippen molar-refractivity contribution in [3.8, 4) is 0 Å². The fourth-order valence-corrected chi connectivity index (χ4v) is 4.87. The molecule has 0 aromatic carbocycles. The Balaban J connectivity index is 0.000000152. The molecule has 140 valence electrons. The lowest BCUT2D eigenvalue weighted by molar-refractivity contribution is -0.144. The summed E-state index contributed by atoms with van der Waals surface area (Å²) in [5.41, 5.74) is 1.93. The zero-order chi connectivity index (χ0) is 18.8. The fraction of sp³-hybridized carbons (Fsp3) is 0.500. The molecule has 1 N–H and O–H groups in total. The summed E-state index contributed by atoms with van der Waals surface area (Å²) in [5.74, 6) is -0.490. The second kappa shape index (κ2) is 8.45. The summed E-state index contributed by atoms with van der Waals surface area (Å²) in [6, 6.07) is 0. The third-order valence-electron chi connectivity index (χ3n) is 4.24. The highest BCUT2D eigenvalue weighted by Gasteiger charge is 2.46. The number of nitrogens with zero attached hydrogens (tertiary/aromatic N) is 2. The van der Waals surface area contributed by atoms with Crippen molar-refractivity contribution in [1.82, 2.24) is 9.97 Å². The van der Waals surface area contributed by atoms with E-state index in [-0.39, 0.29) is 29.6 Å². The van der Waals surface area contributed by atoms with Gasteiger partial charge in [0.2, 0.25) is 0 Å². The predicted molar refractivity (Wildman–Crippen MR) is 106 cm³/mol. The second-order valence-corrected chi connectivity index (χ2v) is 10.3. The van der Waals surface area contributed by atoms with Gasteiger partial charge in [-0.1, -0.05) is 0 Å². The molecule has 2 aromatic heterocycles. The SMILES string of the molecule is CCOC(=O)[C@@H]1C[C@H]1c1csc(Br)n1.O=C(O)[C@@H]1C[C@H]1c1csc(Br)n1. The van der Waals surface area contributed by atoms with Crippen LogP contribution in [0.5, 0.6) is 0 Å². The Bertz CT molecular complexity index is 810. The van der Waals surface area contributed by atoms with Crippen molar-refractivity contribution in [3.05, 3.63) is 30.0 Å². The lowest BCUT2D eigenvalue weighted by atomic mass is 10.2. The first kappa shape index (κ1) is 19.9. The molecule has 0 aliphatic heterocycles. The van der Waals surface area contributed by atoms with Gasteiger partial charge in [0.05, 0.1) is 29.8 Å². The van der Waals surface area contributed by atoms with Gasteiger partial charge in [0.25, 0.3) is 0 Å². The van der Waals surface area contributed by atoms with Crippen molar-refractivity contribution in [2.24, 2.45) is 11.8 Å². The summed E-state index contributed by atoms with van der Waals surface area (Å²) < 4.78 is 6.65. The van der Waals surface area contributed by atoms with E-state index in [0.717, 1.165) is 32.1 Å².